The molecular weight excluding hydrogens is 863 g/mol. The molecule has 2 unspecified atom stereocenters. The molecule has 0 radical (unpaired) electrons. The summed E-state index contributed by atoms with van der Waals surface area (Å²) in [6.07, 6.45) is 72.2. The number of allylic oxidation sites excluding steroid dienone is 2. The van der Waals surface area contributed by atoms with E-state index in [1.54, 1.807) is 0 Å². The minimum absolute atomic E-state index is 0.00563. The third kappa shape index (κ3) is 55.9. The van der Waals surface area contributed by atoms with Gasteiger partial charge in [-0.3, -0.25) is 9.59 Å². The fourth-order valence-electron chi connectivity index (χ4n) is 10.2. The maximum Gasteiger partial charge on any atom is 0.305 e. The van der Waals surface area contributed by atoms with Crippen molar-refractivity contribution in [1.82, 2.24) is 5.32 Å². The number of carbonyl (C=O) groups excluding carboxylic acids is 2. The lowest BCUT2D eigenvalue weighted by Crippen LogP contribution is -2.45. The number of rotatable bonds is 60. The number of aliphatic hydroxyl groups is 2. The molecule has 0 aliphatic rings. The molecule has 0 bridgehead atoms. The van der Waals surface area contributed by atoms with Crippen molar-refractivity contribution >= 4 is 11.9 Å². The van der Waals surface area contributed by atoms with E-state index < -0.39 is 12.1 Å². The van der Waals surface area contributed by atoms with Gasteiger partial charge in [0.15, 0.2) is 0 Å². The Kier molecular flexibility index (Phi) is 59.0. The molecule has 0 aromatic heterocycles. The number of amides is 1. The summed E-state index contributed by atoms with van der Waals surface area (Å²) in [6.45, 7) is 4.97. The quantitative estimate of drug-likeness (QED) is 0.0321. The van der Waals surface area contributed by atoms with E-state index in [2.05, 4.69) is 31.3 Å². The number of unbranched alkanes of at least 4 members (excludes halogenated alkanes) is 47. The third-order valence-electron chi connectivity index (χ3n) is 15.1. The highest BCUT2D eigenvalue weighted by atomic mass is 16.5. The molecule has 70 heavy (non-hydrogen) atoms. The maximum atomic E-state index is 12.5. The topological polar surface area (TPSA) is 95.9 Å². The second-order valence-corrected chi connectivity index (χ2v) is 22.1. The van der Waals surface area contributed by atoms with Gasteiger partial charge >= 0.3 is 5.97 Å². The zero-order valence-electron chi connectivity index (χ0n) is 47.5. The van der Waals surface area contributed by atoms with Gasteiger partial charge in [0.25, 0.3) is 0 Å². The number of nitrogens with one attached hydrogen (secondary N) is 1. The van der Waals surface area contributed by atoms with Gasteiger partial charge in [-0.25, -0.2) is 0 Å². The van der Waals surface area contributed by atoms with Gasteiger partial charge in [-0.15, -0.1) is 0 Å². The number of ether oxygens (including phenoxy) is 1. The molecule has 3 N–H and O–H groups in total. The van der Waals surface area contributed by atoms with Gasteiger partial charge in [0.1, 0.15) is 0 Å². The Morgan fingerprint density at radius 1 is 0.386 bits per heavy atom. The van der Waals surface area contributed by atoms with Crippen LogP contribution in [0, 0.1) is 0 Å². The Morgan fingerprint density at radius 2 is 0.671 bits per heavy atom. The van der Waals surface area contributed by atoms with Crippen LogP contribution in [0.3, 0.4) is 0 Å². The molecule has 6 heteroatoms. The lowest BCUT2D eigenvalue weighted by Gasteiger charge is -2.22. The lowest BCUT2D eigenvalue weighted by molar-refractivity contribution is -0.143. The van der Waals surface area contributed by atoms with Crippen molar-refractivity contribution in [3.8, 4) is 0 Å². The summed E-state index contributed by atoms with van der Waals surface area (Å²) in [6, 6.07) is -0.549. The van der Waals surface area contributed by atoms with Crippen LogP contribution in [0.4, 0.5) is 0 Å². The number of hydrogen-bond acceptors (Lipinski definition) is 5. The molecule has 0 aliphatic heterocycles. The van der Waals surface area contributed by atoms with Crippen LogP contribution in [0.2, 0.25) is 0 Å². The molecule has 416 valence electrons. The summed E-state index contributed by atoms with van der Waals surface area (Å²) < 4.78 is 5.47. The standard InChI is InChI=1S/C64H125NO5/c1-3-5-7-9-11-13-15-17-18-19-20-21-22-24-27-30-33-36-40-44-48-52-56-62(67)61(60-66)65-63(68)57-53-49-45-41-37-34-31-28-25-23-26-29-32-35-39-43-47-51-55-59-70-64(69)58-54-50-46-42-38-16-14-12-10-8-6-4-2/h23,25,61-62,66-67H,3-22,24,26-60H2,1-2H3,(H,65,68)/b25-23-. The first-order valence-electron chi connectivity index (χ1n) is 31.9. The van der Waals surface area contributed by atoms with Gasteiger partial charge in [0.05, 0.1) is 25.4 Å². The van der Waals surface area contributed by atoms with Crippen molar-refractivity contribution in [3.05, 3.63) is 12.2 Å². The minimum atomic E-state index is -0.671. The van der Waals surface area contributed by atoms with Gasteiger partial charge in [0, 0.05) is 12.8 Å². The predicted molar refractivity (Wildman–Crippen MR) is 306 cm³/mol. The molecule has 6 nitrogen and oxygen atoms in total. The molecule has 0 spiro atoms. The molecule has 0 aromatic carbocycles. The first-order chi connectivity index (χ1) is 34.5. The second kappa shape index (κ2) is 60.2. The first-order valence-corrected chi connectivity index (χ1v) is 31.9. The Balaban J connectivity index is 3.43. The summed E-state index contributed by atoms with van der Waals surface area (Å²) in [5.74, 6) is -0.0347. The number of hydrogen-bond donors (Lipinski definition) is 3. The van der Waals surface area contributed by atoms with Gasteiger partial charge in [-0.1, -0.05) is 309 Å². The van der Waals surface area contributed by atoms with Crippen molar-refractivity contribution in [3.63, 3.8) is 0 Å². The molecule has 0 saturated carbocycles. The van der Waals surface area contributed by atoms with E-state index in [0.29, 0.717) is 25.9 Å². The number of aliphatic hydroxyl groups excluding tert-OH is 2. The van der Waals surface area contributed by atoms with Crippen LogP contribution in [-0.4, -0.2) is 47.4 Å². The van der Waals surface area contributed by atoms with Gasteiger partial charge in [0.2, 0.25) is 5.91 Å². The average Bonchev–Trinajstić information content (AvgIpc) is 3.36. The monoisotopic (exact) mass is 988 g/mol. The van der Waals surface area contributed by atoms with Crippen LogP contribution < -0.4 is 5.32 Å². The first kappa shape index (κ1) is 68.6. The summed E-state index contributed by atoms with van der Waals surface area (Å²) in [4.78, 5) is 24.5. The van der Waals surface area contributed by atoms with Crippen LogP contribution in [0.1, 0.15) is 361 Å². The van der Waals surface area contributed by atoms with E-state index in [9.17, 15) is 19.8 Å². The summed E-state index contributed by atoms with van der Waals surface area (Å²) in [7, 11) is 0. The van der Waals surface area contributed by atoms with Crippen molar-refractivity contribution in [2.45, 2.75) is 373 Å². The smallest absolute Gasteiger partial charge is 0.305 e. The van der Waals surface area contributed by atoms with Gasteiger partial charge in [-0.05, 0) is 51.4 Å². The summed E-state index contributed by atoms with van der Waals surface area (Å²) >= 11 is 0. The molecule has 0 aromatic rings. The molecule has 0 heterocycles. The van der Waals surface area contributed by atoms with E-state index in [0.717, 1.165) is 44.9 Å². The fraction of sp³-hybridized carbons (Fsp3) is 0.938. The molecule has 1 amide bonds. The SMILES string of the molecule is CCCCCCCCCCCCCCCCCCCCCCCCC(O)C(CO)NC(=O)CCCCCCCCC/C=C\CCCCCCCCCCOC(=O)CCCCCCCCCCCCCC. The predicted octanol–water partition coefficient (Wildman–Crippen LogP) is 20.0. The Morgan fingerprint density at radius 3 is 1.01 bits per heavy atom. The van der Waals surface area contributed by atoms with E-state index in [-0.39, 0.29) is 18.5 Å². The van der Waals surface area contributed by atoms with E-state index in [1.807, 2.05) is 0 Å². The molecular formula is C64H125NO5. The zero-order valence-corrected chi connectivity index (χ0v) is 47.5. The Labute approximate surface area is 438 Å². The van der Waals surface area contributed by atoms with Crippen LogP contribution >= 0.6 is 0 Å². The van der Waals surface area contributed by atoms with Crippen LogP contribution in [0.25, 0.3) is 0 Å². The number of carbonyl (C=O) groups is 2. The van der Waals surface area contributed by atoms with Gasteiger partial charge < -0.3 is 20.3 Å². The van der Waals surface area contributed by atoms with Crippen molar-refractivity contribution in [2.24, 2.45) is 0 Å². The average molecular weight is 989 g/mol. The Bertz CT molecular complexity index is 1050. The molecule has 0 fully saturated rings. The summed E-state index contributed by atoms with van der Waals surface area (Å²) in [5, 5.41) is 23.4. The highest BCUT2D eigenvalue weighted by Crippen LogP contribution is 2.18. The largest absolute Gasteiger partial charge is 0.466 e. The van der Waals surface area contributed by atoms with Crippen molar-refractivity contribution in [2.75, 3.05) is 13.2 Å². The van der Waals surface area contributed by atoms with E-state index >= 15 is 0 Å². The highest BCUT2D eigenvalue weighted by Gasteiger charge is 2.20. The van der Waals surface area contributed by atoms with Crippen LogP contribution in [0.15, 0.2) is 12.2 Å². The molecule has 0 rings (SSSR count). The normalized spacial score (nSPS) is 12.6. The zero-order chi connectivity index (χ0) is 50.7. The van der Waals surface area contributed by atoms with Crippen molar-refractivity contribution < 1.29 is 24.5 Å². The lowest BCUT2D eigenvalue weighted by atomic mass is 10.0. The number of esters is 1. The summed E-state index contributed by atoms with van der Waals surface area (Å²) in [5.41, 5.74) is 0. The van der Waals surface area contributed by atoms with Crippen LogP contribution in [-0.2, 0) is 14.3 Å². The highest BCUT2D eigenvalue weighted by molar-refractivity contribution is 5.76. The maximum absolute atomic E-state index is 12.5. The molecule has 0 saturated heterocycles. The second-order valence-electron chi connectivity index (χ2n) is 22.1. The fourth-order valence-corrected chi connectivity index (χ4v) is 10.2. The van der Waals surface area contributed by atoms with Gasteiger partial charge in [-0.2, -0.15) is 0 Å². The van der Waals surface area contributed by atoms with Crippen molar-refractivity contribution in [1.29, 1.82) is 0 Å². The molecule has 2 atom stereocenters. The third-order valence-corrected chi connectivity index (χ3v) is 15.1. The molecule has 0 aliphatic carbocycles. The minimum Gasteiger partial charge on any atom is -0.466 e. The van der Waals surface area contributed by atoms with E-state index in [1.165, 1.54) is 283 Å². The van der Waals surface area contributed by atoms with Crippen LogP contribution in [0.5, 0.6) is 0 Å². The Hall–Kier alpha value is -1.40. The van der Waals surface area contributed by atoms with E-state index in [4.69, 9.17) is 4.74 Å².